The van der Waals surface area contributed by atoms with E-state index < -0.39 is 16.8 Å². The maximum absolute atomic E-state index is 12.9. The van der Waals surface area contributed by atoms with Crippen molar-refractivity contribution in [3.8, 4) is 0 Å². The molecule has 1 aliphatic heterocycles. The molecule has 3 rings (SSSR count). The molecule has 0 aromatic rings. The normalized spacial score (nSPS) is 40.3. The molecule has 2 aliphatic carbocycles. The molecule has 0 saturated heterocycles. The predicted molar refractivity (Wildman–Crippen MR) is 71.4 cm³/mol. The SMILES string of the molecule is CC1(C(F)(F)F)SC(NC[C@H]2C[C@@H]3CC[C@H]2C3)=NC1=O. The summed E-state index contributed by atoms with van der Waals surface area (Å²) in [5.74, 6) is 0.909. The first-order chi connectivity index (χ1) is 9.29. The number of carbonyl (C=O) groups is 1. The van der Waals surface area contributed by atoms with Gasteiger partial charge in [0.05, 0.1) is 0 Å². The highest BCUT2D eigenvalue weighted by Crippen LogP contribution is 2.49. The first kappa shape index (κ1) is 14.2. The number of thioether (sulfide) groups is 1. The Balaban J connectivity index is 1.57. The number of alkyl halides is 3. The minimum atomic E-state index is -4.58. The predicted octanol–water partition coefficient (Wildman–Crippen LogP) is 2.96. The summed E-state index contributed by atoms with van der Waals surface area (Å²) in [5, 5.41) is 3.08. The van der Waals surface area contributed by atoms with Gasteiger partial charge in [-0.2, -0.15) is 18.2 Å². The summed E-state index contributed by atoms with van der Waals surface area (Å²) >= 11 is 0.496. The van der Waals surface area contributed by atoms with Crippen molar-refractivity contribution in [2.75, 3.05) is 6.54 Å². The van der Waals surface area contributed by atoms with Crippen LogP contribution in [0.15, 0.2) is 4.99 Å². The summed E-state index contributed by atoms with van der Waals surface area (Å²) in [4.78, 5) is 15.0. The van der Waals surface area contributed by atoms with Gasteiger partial charge in [0.1, 0.15) is 0 Å². The van der Waals surface area contributed by atoms with E-state index in [2.05, 4.69) is 10.3 Å². The zero-order valence-electron chi connectivity index (χ0n) is 11.2. The van der Waals surface area contributed by atoms with Crippen LogP contribution in [0.5, 0.6) is 0 Å². The van der Waals surface area contributed by atoms with E-state index in [1.54, 1.807) is 0 Å². The highest BCUT2D eigenvalue weighted by Gasteiger charge is 2.61. The lowest BCUT2D eigenvalue weighted by atomic mass is 9.89. The van der Waals surface area contributed by atoms with Crippen molar-refractivity contribution >= 4 is 22.8 Å². The number of hydrogen-bond donors (Lipinski definition) is 1. The number of amidine groups is 1. The number of amides is 1. The van der Waals surface area contributed by atoms with Crippen molar-refractivity contribution in [3.05, 3.63) is 0 Å². The van der Waals surface area contributed by atoms with Crippen LogP contribution in [0.1, 0.15) is 32.6 Å². The molecule has 4 atom stereocenters. The summed E-state index contributed by atoms with van der Waals surface area (Å²) in [5.41, 5.74) is 0. The zero-order valence-corrected chi connectivity index (χ0v) is 12.0. The molecule has 0 spiro atoms. The van der Waals surface area contributed by atoms with Crippen LogP contribution in [0.4, 0.5) is 13.2 Å². The standard InChI is InChI=1S/C13H17F3N2OS/c1-12(13(14,15)16)10(19)18-11(20-12)17-6-9-5-7-2-3-8(9)4-7/h7-9H,2-6H2,1H3,(H,17,18,19)/t7-,8+,9-,12?/m1/s1. The van der Waals surface area contributed by atoms with Gasteiger partial charge in [0.15, 0.2) is 9.91 Å². The minimum Gasteiger partial charge on any atom is -0.364 e. The van der Waals surface area contributed by atoms with Crippen molar-refractivity contribution in [3.63, 3.8) is 0 Å². The molecule has 112 valence electrons. The second kappa shape index (κ2) is 4.64. The third kappa shape index (κ3) is 2.23. The first-order valence-electron chi connectivity index (χ1n) is 6.92. The van der Waals surface area contributed by atoms with Gasteiger partial charge in [-0.25, -0.2) is 0 Å². The largest absolute Gasteiger partial charge is 0.412 e. The van der Waals surface area contributed by atoms with Gasteiger partial charge in [-0.1, -0.05) is 18.2 Å². The Kier molecular flexibility index (Phi) is 3.30. The summed E-state index contributed by atoms with van der Waals surface area (Å²) in [6, 6.07) is 0. The van der Waals surface area contributed by atoms with E-state index in [1.807, 2.05) is 0 Å². The van der Waals surface area contributed by atoms with Crippen molar-refractivity contribution < 1.29 is 18.0 Å². The number of halogens is 3. The van der Waals surface area contributed by atoms with Crippen LogP contribution in [-0.2, 0) is 4.79 Å². The molecular weight excluding hydrogens is 289 g/mol. The molecule has 2 saturated carbocycles. The van der Waals surface area contributed by atoms with E-state index >= 15 is 0 Å². The summed E-state index contributed by atoms with van der Waals surface area (Å²) in [6.07, 6.45) is 0.358. The number of aliphatic imine (C=N–C) groups is 1. The summed E-state index contributed by atoms with van der Waals surface area (Å²) in [6.45, 7) is 1.53. The van der Waals surface area contributed by atoms with E-state index in [0.29, 0.717) is 30.1 Å². The molecular formula is C13H17F3N2OS. The van der Waals surface area contributed by atoms with Gasteiger partial charge in [-0.3, -0.25) is 4.79 Å². The molecule has 7 heteroatoms. The third-order valence-electron chi connectivity index (χ3n) is 4.85. The van der Waals surface area contributed by atoms with Gasteiger partial charge in [-0.15, -0.1) is 0 Å². The van der Waals surface area contributed by atoms with Gasteiger partial charge >= 0.3 is 6.18 Å². The van der Waals surface area contributed by atoms with Gasteiger partial charge in [-0.05, 0) is 43.9 Å². The second-order valence-corrected chi connectivity index (χ2v) is 7.58. The lowest BCUT2D eigenvalue weighted by molar-refractivity contribution is -0.165. The molecule has 1 N–H and O–H groups in total. The van der Waals surface area contributed by atoms with Gasteiger partial charge in [0.25, 0.3) is 5.91 Å². The van der Waals surface area contributed by atoms with Crippen molar-refractivity contribution in [2.24, 2.45) is 22.7 Å². The van der Waals surface area contributed by atoms with Crippen molar-refractivity contribution in [1.29, 1.82) is 0 Å². The molecule has 3 nitrogen and oxygen atoms in total. The van der Waals surface area contributed by atoms with Crippen LogP contribution in [0, 0.1) is 17.8 Å². The van der Waals surface area contributed by atoms with Gasteiger partial charge in [0.2, 0.25) is 0 Å². The Bertz CT molecular complexity index is 465. The van der Waals surface area contributed by atoms with Crippen molar-refractivity contribution in [1.82, 2.24) is 5.32 Å². The number of nitrogens with zero attached hydrogens (tertiary/aromatic N) is 1. The Morgan fingerprint density at radius 2 is 2.15 bits per heavy atom. The molecule has 0 aromatic carbocycles. The van der Waals surface area contributed by atoms with Crippen LogP contribution >= 0.6 is 11.8 Å². The monoisotopic (exact) mass is 306 g/mol. The van der Waals surface area contributed by atoms with E-state index in [4.69, 9.17) is 0 Å². The summed E-state index contributed by atoms with van der Waals surface area (Å²) in [7, 11) is 0. The number of nitrogens with one attached hydrogen (secondary N) is 1. The molecule has 0 radical (unpaired) electrons. The van der Waals surface area contributed by atoms with Crippen LogP contribution in [-0.4, -0.2) is 28.5 Å². The van der Waals surface area contributed by atoms with Crippen LogP contribution < -0.4 is 5.32 Å². The maximum Gasteiger partial charge on any atom is 0.412 e. The fraction of sp³-hybridized carbons (Fsp3) is 0.846. The molecule has 0 aromatic heterocycles. The lowest BCUT2D eigenvalue weighted by Gasteiger charge is -2.24. The van der Waals surface area contributed by atoms with Crippen LogP contribution in [0.3, 0.4) is 0 Å². The Labute approximate surface area is 119 Å². The van der Waals surface area contributed by atoms with Crippen molar-refractivity contribution in [2.45, 2.75) is 43.5 Å². The van der Waals surface area contributed by atoms with E-state index in [0.717, 1.165) is 19.3 Å². The summed E-state index contributed by atoms with van der Waals surface area (Å²) < 4.78 is 36.2. The molecule has 20 heavy (non-hydrogen) atoms. The van der Waals surface area contributed by atoms with E-state index in [9.17, 15) is 18.0 Å². The van der Waals surface area contributed by atoms with E-state index in [1.165, 1.54) is 19.3 Å². The molecule has 2 bridgehead atoms. The highest BCUT2D eigenvalue weighted by atomic mass is 32.2. The fourth-order valence-electron chi connectivity index (χ4n) is 3.56. The van der Waals surface area contributed by atoms with Crippen LogP contribution in [0.2, 0.25) is 0 Å². The smallest absolute Gasteiger partial charge is 0.364 e. The van der Waals surface area contributed by atoms with E-state index in [-0.39, 0.29) is 5.17 Å². The quantitative estimate of drug-likeness (QED) is 0.853. The molecule has 1 unspecified atom stereocenters. The fourth-order valence-corrected chi connectivity index (χ4v) is 4.48. The average molecular weight is 306 g/mol. The second-order valence-electron chi connectivity index (χ2n) is 6.17. The number of hydrogen-bond acceptors (Lipinski definition) is 3. The molecule has 1 amide bonds. The maximum atomic E-state index is 12.9. The van der Waals surface area contributed by atoms with Gasteiger partial charge < -0.3 is 5.32 Å². The molecule has 1 heterocycles. The average Bonchev–Trinajstić information content (AvgIpc) is 3.01. The number of carbonyl (C=O) groups excluding carboxylic acids is 1. The zero-order chi connectivity index (χ0) is 14.5. The minimum absolute atomic E-state index is 0.123. The molecule has 3 aliphatic rings. The number of fused-ring (bicyclic) bond motifs is 2. The molecule has 2 fully saturated rings. The highest BCUT2D eigenvalue weighted by molar-refractivity contribution is 8.16. The van der Waals surface area contributed by atoms with Gasteiger partial charge in [0, 0.05) is 6.54 Å². The number of rotatable bonds is 2. The lowest BCUT2D eigenvalue weighted by Crippen LogP contribution is -2.44. The topological polar surface area (TPSA) is 41.5 Å². The first-order valence-corrected chi connectivity index (χ1v) is 7.74. The Morgan fingerprint density at radius 1 is 1.40 bits per heavy atom. The van der Waals surface area contributed by atoms with Crippen LogP contribution in [0.25, 0.3) is 0 Å². The third-order valence-corrected chi connectivity index (χ3v) is 6.10. The Morgan fingerprint density at radius 3 is 2.65 bits per heavy atom. The Hall–Kier alpha value is -0.720.